The summed E-state index contributed by atoms with van der Waals surface area (Å²) >= 11 is 1.47. The number of carbonyl (C=O) groups excluding carboxylic acids is 1. The quantitative estimate of drug-likeness (QED) is 0.871. The second kappa shape index (κ2) is 6.08. The Labute approximate surface area is 130 Å². The first-order chi connectivity index (χ1) is 10.6. The van der Waals surface area contributed by atoms with Gasteiger partial charge in [-0.05, 0) is 24.5 Å². The van der Waals surface area contributed by atoms with Crippen molar-refractivity contribution in [1.82, 2.24) is 10.1 Å². The van der Waals surface area contributed by atoms with Gasteiger partial charge in [-0.1, -0.05) is 5.16 Å². The Kier molecular flexibility index (Phi) is 4.15. The van der Waals surface area contributed by atoms with Gasteiger partial charge in [-0.15, -0.1) is 0 Å². The lowest BCUT2D eigenvalue weighted by atomic mass is 10.0. The summed E-state index contributed by atoms with van der Waals surface area (Å²) in [4.78, 5) is 13.8. The summed E-state index contributed by atoms with van der Waals surface area (Å²) in [5.41, 5.74) is 1.69. The smallest absolute Gasteiger partial charge is 0.232 e. The van der Waals surface area contributed by atoms with Gasteiger partial charge in [0.05, 0.1) is 12.3 Å². The minimum absolute atomic E-state index is 0.0515. The molecule has 3 rings (SSSR count). The minimum Gasteiger partial charge on any atom is -0.360 e. The SMILES string of the molecule is CSCC(=O)N1CCc2onc(-c3ccc(F)c(F)c3)c2C1. The van der Waals surface area contributed by atoms with E-state index in [0.717, 1.165) is 17.7 Å². The second-order valence-corrected chi connectivity index (χ2v) is 5.93. The van der Waals surface area contributed by atoms with E-state index in [1.54, 1.807) is 4.90 Å². The molecule has 0 bridgehead atoms. The zero-order chi connectivity index (χ0) is 15.7. The molecular weight excluding hydrogens is 310 g/mol. The van der Waals surface area contributed by atoms with E-state index >= 15 is 0 Å². The van der Waals surface area contributed by atoms with E-state index in [0.29, 0.717) is 42.3 Å². The number of halogens is 2. The van der Waals surface area contributed by atoms with Gasteiger partial charge >= 0.3 is 0 Å². The van der Waals surface area contributed by atoms with Crippen LogP contribution in [0.15, 0.2) is 22.7 Å². The average molecular weight is 324 g/mol. The molecule has 0 unspecified atom stereocenters. The zero-order valence-electron chi connectivity index (χ0n) is 11.9. The van der Waals surface area contributed by atoms with Crippen LogP contribution in [0.5, 0.6) is 0 Å². The highest BCUT2D eigenvalue weighted by Gasteiger charge is 2.27. The highest BCUT2D eigenvalue weighted by molar-refractivity contribution is 7.99. The van der Waals surface area contributed by atoms with Crippen LogP contribution >= 0.6 is 11.8 Å². The van der Waals surface area contributed by atoms with Crippen LogP contribution in [0.3, 0.4) is 0 Å². The molecule has 0 atom stereocenters. The van der Waals surface area contributed by atoms with Gasteiger partial charge in [-0.2, -0.15) is 11.8 Å². The van der Waals surface area contributed by atoms with Crippen LogP contribution in [0.2, 0.25) is 0 Å². The van der Waals surface area contributed by atoms with Crippen molar-refractivity contribution in [3.63, 3.8) is 0 Å². The molecule has 0 fully saturated rings. The lowest BCUT2D eigenvalue weighted by molar-refractivity contribution is -0.129. The molecule has 0 N–H and O–H groups in total. The van der Waals surface area contributed by atoms with Gasteiger partial charge in [0.15, 0.2) is 11.6 Å². The molecule has 0 spiro atoms. The first-order valence-electron chi connectivity index (χ1n) is 6.79. The Morgan fingerprint density at radius 3 is 2.95 bits per heavy atom. The van der Waals surface area contributed by atoms with Gasteiger partial charge in [-0.3, -0.25) is 4.79 Å². The molecule has 2 heterocycles. The number of aromatic nitrogens is 1. The van der Waals surface area contributed by atoms with Gasteiger partial charge < -0.3 is 9.42 Å². The van der Waals surface area contributed by atoms with E-state index in [-0.39, 0.29) is 5.91 Å². The number of rotatable bonds is 3. The summed E-state index contributed by atoms with van der Waals surface area (Å²) in [6, 6.07) is 3.61. The van der Waals surface area contributed by atoms with Gasteiger partial charge in [0.2, 0.25) is 5.91 Å². The molecule has 1 aliphatic rings. The molecule has 1 aromatic carbocycles. The topological polar surface area (TPSA) is 46.3 Å². The summed E-state index contributed by atoms with van der Waals surface area (Å²) in [5.74, 6) is -0.664. The molecule has 2 aromatic rings. The molecule has 0 radical (unpaired) electrons. The molecule has 4 nitrogen and oxygen atoms in total. The third kappa shape index (κ3) is 2.72. The van der Waals surface area contributed by atoms with Crippen LogP contribution in [0.4, 0.5) is 8.78 Å². The van der Waals surface area contributed by atoms with Crippen molar-refractivity contribution in [2.45, 2.75) is 13.0 Å². The molecule has 1 amide bonds. The van der Waals surface area contributed by atoms with Crippen molar-refractivity contribution < 1.29 is 18.1 Å². The highest BCUT2D eigenvalue weighted by atomic mass is 32.2. The number of benzene rings is 1. The number of hydrogen-bond donors (Lipinski definition) is 0. The van der Waals surface area contributed by atoms with Gasteiger partial charge in [0.25, 0.3) is 0 Å². The van der Waals surface area contributed by atoms with Gasteiger partial charge in [0, 0.05) is 24.1 Å². The molecule has 0 aliphatic carbocycles. The Morgan fingerprint density at radius 1 is 1.41 bits per heavy atom. The van der Waals surface area contributed by atoms with Crippen LogP contribution in [0.1, 0.15) is 11.3 Å². The Bertz CT molecular complexity index is 718. The van der Waals surface area contributed by atoms with E-state index in [2.05, 4.69) is 5.16 Å². The summed E-state index contributed by atoms with van der Waals surface area (Å²) in [5, 5.41) is 3.97. The van der Waals surface area contributed by atoms with Crippen LogP contribution in [0.25, 0.3) is 11.3 Å². The van der Waals surface area contributed by atoms with Crippen molar-refractivity contribution in [3.8, 4) is 11.3 Å². The van der Waals surface area contributed by atoms with E-state index in [1.165, 1.54) is 17.8 Å². The van der Waals surface area contributed by atoms with E-state index in [4.69, 9.17) is 4.52 Å². The van der Waals surface area contributed by atoms with E-state index in [1.807, 2.05) is 6.26 Å². The number of carbonyl (C=O) groups is 1. The Balaban J connectivity index is 1.92. The van der Waals surface area contributed by atoms with Crippen molar-refractivity contribution in [1.29, 1.82) is 0 Å². The van der Waals surface area contributed by atoms with E-state index in [9.17, 15) is 13.6 Å². The van der Waals surface area contributed by atoms with Gasteiger partial charge in [-0.25, -0.2) is 8.78 Å². The monoisotopic (exact) mass is 324 g/mol. The van der Waals surface area contributed by atoms with E-state index < -0.39 is 11.6 Å². The molecule has 1 aliphatic heterocycles. The third-order valence-electron chi connectivity index (χ3n) is 3.64. The zero-order valence-corrected chi connectivity index (χ0v) is 12.8. The lowest BCUT2D eigenvalue weighted by Crippen LogP contribution is -2.36. The molecule has 22 heavy (non-hydrogen) atoms. The largest absolute Gasteiger partial charge is 0.360 e. The molecule has 7 heteroatoms. The summed E-state index contributed by atoms with van der Waals surface area (Å²) < 4.78 is 31.8. The predicted octanol–water partition coefficient (Wildman–Crippen LogP) is 2.87. The van der Waals surface area contributed by atoms with Gasteiger partial charge in [0.1, 0.15) is 11.5 Å². The summed E-state index contributed by atoms with van der Waals surface area (Å²) in [6.07, 6.45) is 2.45. The van der Waals surface area contributed by atoms with Crippen LogP contribution in [-0.2, 0) is 17.8 Å². The maximum atomic E-state index is 13.4. The molecule has 1 aromatic heterocycles. The molecule has 116 valence electrons. The average Bonchev–Trinajstić information content (AvgIpc) is 2.93. The summed E-state index contributed by atoms with van der Waals surface area (Å²) in [7, 11) is 0. The normalized spacial score (nSPS) is 14.0. The number of thioether (sulfide) groups is 1. The van der Waals surface area contributed by atoms with Crippen LogP contribution in [-0.4, -0.2) is 34.5 Å². The fraction of sp³-hybridized carbons (Fsp3) is 0.333. The summed E-state index contributed by atoms with van der Waals surface area (Å²) in [6.45, 7) is 0.964. The Hall–Kier alpha value is -1.89. The fourth-order valence-electron chi connectivity index (χ4n) is 2.51. The van der Waals surface area contributed by atoms with Crippen molar-refractivity contribution in [2.24, 2.45) is 0 Å². The van der Waals surface area contributed by atoms with Crippen molar-refractivity contribution >= 4 is 17.7 Å². The third-order valence-corrected chi connectivity index (χ3v) is 4.18. The lowest BCUT2D eigenvalue weighted by Gasteiger charge is -2.26. The number of hydrogen-bond acceptors (Lipinski definition) is 4. The first kappa shape index (κ1) is 15.0. The molecule has 0 saturated carbocycles. The van der Waals surface area contributed by atoms with Crippen LogP contribution < -0.4 is 0 Å². The molecular formula is C15H14F2N2O2S. The second-order valence-electron chi connectivity index (χ2n) is 5.06. The number of nitrogens with zero attached hydrogens (tertiary/aromatic N) is 2. The fourth-order valence-corrected chi connectivity index (χ4v) is 2.94. The minimum atomic E-state index is -0.930. The Morgan fingerprint density at radius 2 is 2.23 bits per heavy atom. The molecule has 0 saturated heterocycles. The maximum absolute atomic E-state index is 13.4. The number of amides is 1. The predicted molar refractivity (Wildman–Crippen MR) is 79.4 cm³/mol. The van der Waals surface area contributed by atoms with Crippen molar-refractivity contribution in [3.05, 3.63) is 41.2 Å². The van der Waals surface area contributed by atoms with Crippen LogP contribution in [0, 0.1) is 11.6 Å². The highest BCUT2D eigenvalue weighted by Crippen LogP contribution is 2.30. The standard InChI is InChI=1S/C15H14F2N2O2S/c1-22-8-14(20)19-5-4-13-10(7-19)15(18-21-13)9-2-3-11(16)12(17)6-9/h2-3,6H,4-5,7-8H2,1H3. The maximum Gasteiger partial charge on any atom is 0.232 e. The first-order valence-corrected chi connectivity index (χ1v) is 8.19. The van der Waals surface area contributed by atoms with Crippen molar-refractivity contribution in [2.75, 3.05) is 18.6 Å². The number of fused-ring (bicyclic) bond motifs is 1.